The van der Waals surface area contributed by atoms with Gasteiger partial charge in [0, 0.05) is 11.4 Å². The van der Waals surface area contributed by atoms with Crippen LogP contribution in [-0.4, -0.2) is 17.0 Å². The molecule has 3 rings (SSSR count). The van der Waals surface area contributed by atoms with Gasteiger partial charge in [0.05, 0.1) is 21.7 Å². The number of aryl methyl sites for hydroxylation is 2. The summed E-state index contributed by atoms with van der Waals surface area (Å²) >= 11 is 12.0. The lowest BCUT2D eigenvalue weighted by Gasteiger charge is -2.29. The predicted octanol–water partition coefficient (Wildman–Crippen LogP) is 4.58. The van der Waals surface area contributed by atoms with Crippen molar-refractivity contribution in [1.82, 2.24) is 10.6 Å². The Morgan fingerprint density at radius 3 is 2.32 bits per heavy atom. The van der Waals surface area contributed by atoms with Crippen molar-refractivity contribution >= 4 is 40.8 Å². The molecule has 0 bridgehead atoms. The Balaban J connectivity index is 1.99. The highest BCUT2D eigenvalue weighted by atomic mass is 35.5. The van der Waals surface area contributed by atoms with Crippen LogP contribution in [0.5, 0.6) is 5.75 Å². The van der Waals surface area contributed by atoms with E-state index < -0.39 is 12.1 Å². The molecule has 0 radical (unpaired) electrons. The van der Waals surface area contributed by atoms with E-state index in [0.717, 1.165) is 11.1 Å². The molecule has 3 amide bonds. The molecule has 0 fully saturated rings. The second-order valence-corrected chi connectivity index (χ2v) is 7.47. The number of phenolic OH excluding ortho intramolecular Hbond substituents is 1. The maximum atomic E-state index is 13.0. The molecular weight excluding hydrogens is 401 g/mol. The van der Waals surface area contributed by atoms with Crippen LogP contribution in [0.3, 0.4) is 0 Å². The van der Waals surface area contributed by atoms with Crippen molar-refractivity contribution in [2.24, 2.45) is 0 Å². The molecule has 8 heteroatoms. The van der Waals surface area contributed by atoms with E-state index in [1.54, 1.807) is 6.92 Å². The third kappa shape index (κ3) is 3.93. The minimum Gasteiger partial charge on any atom is -0.505 e. The number of hydrogen-bond donors (Lipinski definition) is 4. The zero-order valence-corrected chi connectivity index (χ0v) is 17.0. The topological polar surface area (TPSA) is 90.5 Å². The number of carbonyl (C=O) groups is 2. The number of urea groups is 1. The van der Waals surface area contributed by atoms with E-state index in [9.17, 15) is 14.7 Å². The predicted molar refractivity (Wildman–Crippen MR) is 110 cm³/mol. The normalized spacial score (nSPS) is 16.5. The van der Waals surface area contributed by atoms with Crippen LogP contribution in [0.15, 0.2) is 41.6 Å². The van der Waals surface area contributed by atoms with Crippen molar-refractivity contribution in [2.75, 3.05) is 5.32 Å². The van der Waals surface area contributed by atoms with Gasteiger partial charge in [0.15, 0.2) is 5.75 Å². The van der Waals surface area contributed by atoms with Gasteiger partial charge in [-0.3, -0.25) is 4.79 Å². The molecule has 0 saturated carbocycles. The number of halogens is 2. The Morgan fingerprint density at radius 1 is 1.07 bits per heavy atom. The molecule has 0 unspecified atom stereocenters. The van der Waals surface area contributed by atoms with E-state index >= 15 is 0 Å². The molecule has 1 aliphatic rings. The van der Waals surface area contributed by atoms with E-state index in [4.69, 9.17) is 23.2 Å². The maximum absolute atomic E-state index is 13.0. The van der Waals surface area contributed by atoms with Crippen LogP contribution in [0.4, 0.5) is 10.5 Å². The third-order valence-electron chi connectivity index (χ3n) is 4.65. The number of benzene rings is 2. The number of phenols is 1. The Hall–Kier alpha value is -2.70. The minimum absolute atomic E-state index is 0.0295. The molecule has 0 aromatic heterocycles. The summed E-state index contributed by atoms with van der Waals surface area (Å²) in [5.41, 5.74) is 4.02. The number of aromatic hydroxyl groups is 1. The zero-order valence-electron chi connectivity index (χ0n) is 15.5. The molecule has 1 heterocycles. The summed E-state index contributed by atoms with van der Waals surface area (Å²) in [7, 11) is 0. The summed E-state index contributed by atoms with van der Waals surface area (Å²) in [6, 6.07) is 7.31. The highest BCUT2D eigenvalue weighted by molar-refractivity contribution is 6.37. The van der Waals surface area contributed by atoms with Crippen LogP contribution in [0, 0.1) is 13.8 Å². The second kappa shape index (κ2) is 7.73. The van der Waals surface area contributed by atoms with Crippen LogP contribution >= 0.6 is 23.2 Å². The summed E-state index contributed by atoms with van der Waals surface area (Å²) < 4.78 is 0. The molecule has 2 aromatic carbocycles. The quantitative estimate of drug-likeness (QED) is 0.586. The van der Waals surface area contributed by atoms with Crippen LogP contribution < -0.4 is 16.0 Å². The molecule has 0 spiro atoms. The summed E-state index contributed by atoms with van der Waals surface area (Å²) in [4.78, 5) is 25.0. The van der Waals surface area contributed by atoms with Crippen molar-refractivity contribution in [2.45, 2.75) is 26.8 Å². The van der Waals surface area contributed by atoms with Crippen molar-refractivity contribution in [3.8, 4) is 5.75 Å². The Bertz CT molecular complexity index is 995. The Morgan fingerprint density at radius 2 is 1.71 bits per heavy atom. The number of carbonyl (C=O) groups excluding carboxylic acids is 2. The van der Waals surface area contributed by atoms with Crippen molar-refractivity contribution in [3.63, 3.8) is 0 Å². The first-order valence-electron chi connectivity index (χ1n) is 8.52. The number of nitrogens with one attached hydrogen (secondary N) is 3. The maximum Gasteiger partial charge on any atom is 0.319 e. The first-order chi connectivity index (χ1) is 13.2. The summed E-state index contributed by atoms with van der Waals surface area (Å²) in [6.07, 6.45) is 0. The van der Waals surface area contributed by atoms with Gasteiger partial charge in [-0.25, -0.2) is 4.79 Å². The van der Waals surface area contributed by atoms with E-state index in [0.29, 0.717) is 22.5 Å². The van der Waals surface area contributed by atoms with Gasteiger partial charge in [-0.15, -0.1) is 0 Å². The summed E-state index contributed by atoms with van der Waals surface area (Å²) in [6.45, 7) is 5.59. The molecule has 0 saturated heterocycles. The van der Waals surface area contributed by atoms with Crippen molar-refractivity contribution in [1.29, 1.82) is 0 Å². The van der Waals surface area contributed by atoms with Crippen molar-refractivity contribution < 1.29 is 14.7 Å². The van der Waals surface area contributed by atoms with E-state index in [1.165, 1.54) is 12.1 Å². The SMILES string of the molecule is CC1=C(C(=O)Nc2ccc(C)c(C)c2)[C@H](c2cc(Cl)c(O)c(Cl)c2)NC(=O)N1. The molecule has 0 aliphatic carbocycles. The standard InChI is InChI=1S/C20H19Cl2N3O3/c1-9-4-5-13(6-10(9)2)24-19(27)16-11(3)23-20(28)25-17(16)12-7-14(21)18(26)15(22)8-12/h4-8,17,26H,1-3H3,(H,24,27)(H2,23,25,28)/t17-/m0/s1. The molecule has 1 aliphatic heterocycles. The molecule has 6 nitrogen and oxygen atoms in total. The lowest BCUT2D eigenvalue weighted by Crippen LogP contribution is -2.46. The van der Waals surface area contributed by atoms with Crippen molar-refractivity contribution in [3.05, 3.63) is 68.3 Å². The molecule has 146 valence electrons. The Kier molecular flexibility index (Phi) is 5.54. The van der Waals surface area contributed by atoms with E-state index in [1.807, 2.05) is 32.0 Å². The fraction of sp³-hybridized carbons (Fsp3) is 0.200. The number of hydrogen-bond acceptors (Lipinski definition) is 3. The first kappa shape index (κ1) is 20.0. The van der Waals surface area contributed by atoms with Gasteiger partial charge in [-0.2, -0.15) is 0 Å². The molecule has 28 heavy (non-hydrogen) atoms. The second-order valence-electron chi connectivity index (χ2n) is 6.66. The third-order valence-corrected chi connectivity index (χ3v) is 5.23. The molecular formula is C20H19Cl2N3O3. The van der Waals surface area contributed by atoms with E-state index in [-0.39, 0.29) is 21.7 Å². The fourth-order valence-corrected chi connectivity index (χ4v) is 3.52. The van der Waals surface area contributed by atoms with Gasteiger partial charge >= 0.3 is 6.03 Å². The number of rotatable bonds is 3. The smallest absolute Gasteiger partial charge is 0.319 e. The van der Waals surface area contributed by atoms with Crippen LogP contribution in [0.25, 0.3) is 0 Å². The van der Waals surface area contributed by atoms with Gasteiger partial charge in [0.1, 0.15) is 0 Å². The number of anilines is 1. The van der Waals surface area contributed by atoms with E-state index in [2.05, 4.69) is 16.0 Å². The van der Waals surface area contributed by atoms with Gasteiger partial charge in [-0.1, -0.05) is 29.3 Å². The average Bonchev–Trinajstić information content (AvgIpc) is 2.61. The molecule has 2 aromatic rings. The Labute approximate surface area is 172 Å². The highest BCUT2D eigenvalue weighted by Gasteiger charge is 2.32. The molecule has 4 N–H and O–H groups in total. The minimum atomic E-state index is -0.782. The van der Waals surface area contributed by atoms with Gasteiger partial charge in [0.2, 0.25) is 0 Å². The van der Waals surface area contributed by atoms with Crippen LogP contribution in [0.2, 0.25) is 10.0 Å². The number of allylic oxidation sites excluding steroid dienone is 1. The van der Waals surface area contributed by atoms with Crippen LogP contribution in [0.1, 0.15) is 29.7 Å². The monoisotopic (exact) mass is 419 g/mol. The largest absolute Gasteiger partial charge is 0.505 e. The lowest BCUT2D eigenvalue weighted by molar-refractivity contribution is -0.113. The van der Waals surface area contributed by atoms with Crippen LogP contribution in [-0.2, 0) is 4.79 Å². The molecule has 1 atom stereocenters. The summed E-state index contributed by atoms with van der Waals surface area (Å²) in [5.74, 6) is -0.632. The van der Waals surface area contributed by atoms with Gasteiger partial charge in [-0.05, 0) is 61.7 Å². The highest BCUT2D eigenvalue weighted by Crippen LogP contribution is 2.37. The zero-order chi connectivity index (χ0) is 20.6. The van der Waals surface area contributed by atoms with Gasteiger partial charge < -0.3 is 21.1 Å². The summed E-state index contributed by atoms with van der Waals surface area (Å²) in [5, 5.41) is 18.0. The number of amides is 3. The van der Waals surface area contributed by atoms with Gasteiger partial charge in [0.25, 0.3) is 5.91 Å². The lowest BCUT2D eigenvalue weighted by atomic mass is 9.94. The average molecular weight is 420 g/mol. The first-order valence-corrected chi connectivity index (χ1v) is 9.27. The fourth-order valence-electron chi connectivity index (χ4n) is 3.01.